The summed E-state index contributed by atoms with van der Waals surface area (Å²) < 4.78 is 0. The van der Waals surface area contributed by atoms with E-state index in [-0.39, 0.29) is 18.2 Å². The summed E-state index contributed by atoms with van der Waals surface area (Å²) in [4.78, 5) is 23.4. The fourth-order valence-electron chi connectivity index (χ4n) is 1.12. The zero-order valence-corrected chi connectivity index (χ0v) is 9.56. The summed E-state index contributed by atoms with van der Waals surface area (Å²) in [6, 6.07) is -0.500. The molecule has 0 heterocycles. The second-order valence-electron chi connectivity index (χ2n) is 4.03. The minimum absolute atomic E-state index is 0.0779. The van der Waals surface area contributed by atoms with E-state index in [9.17, 15) is 9.59 Å². The first kappa shape index (κ1) is 13.9. The smallest absolute Gasteiger partial charge is 0.303 e. The highest BCUT2D eigenvalue weighted by Gasteiger charge is 2.20. The van der Waals surface area contributed by atoms with Crippen molar-refractivity contribution >= 4 is 11.9 Å². The van der Waals surface area contributed by atoms with Crippen LogP contribution in [-0.4, -0.2) is 41.5 Å². The van der Waals surface area contributed by atoms with Gasteiger partial charge in [-0.1, -0.05) is 13.8 Å². The van der Waals surface area contributed by atoms with Crippen molar-refractivity contribution in [2.45, 2.75) is 32.7 Å². The zero-order chi connectivity index (χ0) is 12.0. The molecule has 0 aliphatic rings. The molecule has 0 aromatic carbocycles. The number of aliphatic carboxylic acids is 1. The number of carbonyl (C=O) groups excluding carboxylic acids is 1. The Morgan fingerprint density at radius 3 is 2.33 bits per heavy atom. The Kier molecular flexibility index (Phi) is 5.93. The fraction of sp³-hybridized carbons (Fsp3) is 0.800. The molecule has 0 saturated carbocycles. The van der Waals surface area contributed by atoms with E-state index < -0.39 is 12.0 Å². The lowest BCUT2D eigenvalue weighted by atomic mass is 10.0. The maximum absolute atomic E-state index is 11.6. The van der Waals surface area contributed by atoms with Crippen molar-refractivity contribution in [2.24, 2.45) is 11.7 Å². The highest BCUT2D eigenvalue weighted by molar-refractivity contribution is 5.81. The van der Waals surface area contributed by atoms with Gasteiger partial charge < -0.3 is 15.7 Å². The molecule has 0 bridgehead atoms. The summed E-state index contributed by atoms with van der Waals surface area (Å²) in [6.45, 7) is 4.20. The molecule has 0 spiro atoms. The number of rotatable bonds is 6. The molecule has 0 rings (SSSR count). The number of nitrogens with two attached hydrogens (primary N) is 1. The molecule has 88 valence electrons. The maximum atomic E-state index is 11.6. The van der Waals surface area contributed by atoms with Crippen LogP contribution in [0.25, 0.3) is 0 Å². The molecular formula is C10H20N2O3. The Morgan fingerprint density at radius 1 is 1.40 bits per heavy atom. The van der Waals surface area contributed by atoms with Crippen LogP contribution in [0, 0.1) is 5.92 Å². The molecule has 0 fully saturated rings. The summed E-state index contributed by atoms with van der Waals surface area (Å²) in [6.07, 6.45) is 0.539. The molecule has 5 heteroatoms. The molecule has 1 amide bonds. The fourth-order valence-corrected chi connectivity index (χ4v) is 1.12. The number of carboxylic acids is 1. The molecule has 0 aliphatic heterocycles. The van der Waals surface area contributed by atoms with E-state index in [0.29, 0.717) is 13.0 Å². The average molecular weight is 216 g/mol. The molecule has 0 aromatic rings. The first-order valence-electron chi connectivity index (χ1n) is 5.08. The standard InChI is InChI=1S/C10H20N2O3/c1-7(2)9(11)10(15)12(3)6-4-5-8(13)14/h7,9H,4-6,11H2,1-3H3,(H,13,14). The van der Waals surface area contributed by atoms with Gasteiger partial charge in [-0.25, -0.2) is 0 Å². The highest BCUT2D eigenvalue weighted by Crippen LogP contribution is 2.03. The lowest BCUT2D eigenvalue weighted by Gasteiger charge is -2.23. The third kappa shape index (κ3) is 5.37. The Morgan fingerprint density at radius 2 is 1.93 bits per heavy atom. The van der Waals surface area contributed by atoms with Crippen LogP contribution in [0.5, 0.6) is 0 Å². The quantitative estimate of drug-likeness (QED) is 0.668. The van der Waals surface area contributed by atoms with E-state index >= 15 is 0 Å². The lowest BCUT2D eigenvalue weighted by molar-refractivity contribution is -0.138. The third-order valence-electron chi connectivity index (χ3n) is 2.26. The van der Waals surface area contributed by atoms with Crippen molar-refractivity contribution < 1.29 is 14.7 Å². The number of carboxylic acid groups (broad SMARTS) is 1. The number of amides is 1. The van der Waals surface area contributed by atoms with E-state index in [1.165, 1.54) is 4.90 Å². The minimum Gasteiger partial charge on any atom is -0.481 e. The Bertz CT molecular complexity index is 229. The molecule has 1 atom stereocenters. The van der Waals surface area contributed by atoms with E-state index in [1.54, 1.807) is 7.05 Å². The van der Waals surface area contributed by atoms with Gasteiger partial charge in [0.05, 0.1) is 6.04 Å². The lowest BCUT2D eigenvalue weighted by Crippen LogP contribution is -2.45. The Hall–Kier alpha value is -1.10. The number of carbonyl (C=O) groups is 2. The molecule has 0 saturated heterocycles. The summed E-state index contributed by atoms with van der Waals surface area (Å²) in [7, 11) is 1.65. The maximum Gasteiger partial charge on any atom is 0.303 e. The summed E-state index contributed by atoms with van der Waals surface area (Å²) in [5, 5.41) is 8.43. The predicted octanol–water partition coefficient (Wildman–Crippen LogP) is 0.293. The molecule has 1 unspecified atom stereocenters. The largest absolute Gasteiger partial charge is 0.481 e. The van der Waals surface area contributed by atoms with E-state index in [2.05, 4.69) is 0 Å². The second kappa shape index (κ2) is 6.40. The van der Waals surface area contributed by atoms with Crippen LogP contribution >= 0.6 is 0 Å². The van der Waals surface area contributed by atoms with Gasteiger partial charge >= 0.3 is 5.97 Å². The van der Waals surface area contributed by atoms with Crippen LogP contribution in [0.2, 0.25) is 0 Å². The second-order valence-corrected chi connectivity index (χ2v) is 4.03. The van der Waals surface area contributed by atoms with Gasteiger partial charge in [0.1, 0.15) is 0 Å². The van der Waals surface area contributed by atoms with Crippen LogP contribution in [0.15, 0.2) is 0 Å². The van der Waals surface area contributed by atoms with Gasteiger partial charge in [0.25, 0.3) is 0 Å². The summed E-state index contributed by atoms with van der Waals surface area (Å²) in [5.74, 6) is -0.876. The molecule has 0 radical (unpaired) electrons. The first-order valence-corrected chi connectivity index (χ1v) is 5.08. The molecule has 3 N–H and O–H groups in total. The summed E-state index contributed by atoms with van der Waals surface area (Å²) in [5.41, 5.74) is 5.68. The van der Waals surface area contributed by atoms with E-state index in [0.717, 1.165) is 0 Å². The van der Waals surface area contributed by atoms with Crippen molar-refractivity contribution in [3.05, 3.63) is 0 Å². The zero-order valence-electron chi connectivity index (χ0n) is 9.56. The van der Waals surface area contributed by atoms with E-state index in [1.807, 2.05) is 13.8 Å². The van der Waals surface area contributed by atoms with Crippen LogP contribution in [0.3, 0.4) is 0 Å². The first-order chi connectivity index (χ1) is 6.86. The topological polar surface area (TPSA) is 83.6 Å². The SMILES string of the molecule is CC(C)C(N)C(=O)N(C)CCCC(=O)O. The van der Waals surface area contributed by atoms with Gasteiger partial charge in [-0.2, -0.15) is 0 Å². The van der Waals surface area contributed by atoms with Gasteiger partial charge in [0, 0.05) is 20.0 Å². The van der Waals surface area contributed by atoms with Crippen molar-refractivity contribution in [3.8, 4) is 0 Å². The van der Waals surface area contributed by atoms with Crippen molar-refractivity contribution in [1.82, 2.24) is 4.90 Å². The van der Waals surface area contributed by atoms with Crippen LogP contribution in [-0.2, 0) is 9.59 Å². The molecule has 5 nitrogen and oxygen atoms in total. The normalized spacial score (nSPS) is 12.6. The van der Waals surface area contributed by atoms with Gasteiger partial charge in [0.2, 0.25) is 5.91 Å². The third-order valence-corrected chi connectivity index (χ3v) is 2.26. The van der Waals surface area contributed by atoms with E-state index in [4.69, 9.17) is 10.8 Å². The number of hydrogen-bond donors (Lipinski definition) is 2. The van der Waals surface area contributed by atoms with Crippen molar-refractivity contribution in [2.75, 3.05) is 13.6 Å². The molecule has 0 aliphatic carbocycles. The monoisotopic (exact) mass is 216 g/mol. The van der Waals surface area contributed by atoms with Gasteiger partial charge in [-0.3, -0.25) is 9.59 Å². The highest BCUT2D eigenvalue weighted by atomic mass is 16.4. The minimum atomic E-state index is -0.844. The average Bonchev–Trinajstić information content (AvgIpc) is 2.14. The van der Waals surface area contributed by atoms with Gasteiger partial charge in [-0.05, 0) is 12.3 Å². The molecular weight excluding hydrogens is 196 g/mol. The van der Waals surface area contributed by atoms with Crippen molar-refractivity contribution in [3.63, 3.8) is 0 Å². The number of nitrogens with zero attached hydrogens (tertiary/aromatic N) is 1. The Labute approximate surface area is 90.2 Å². The van der Waals surface area contributed by atoms with Crippen molar-refractivity contribution in [1.29, 1.82) is 0 Å². The number of likely N-dealkylation sites (N-methyl/N-ethyl adjacent to an activating group) is 1. The van der Waals surface area contributed by atoms with Crippen LogP contribution in [0.4, 0.5) is 0 Å². The molecule has 0 aromatic heterocycles. The van der Waals surface area contributed by atoms with Crippen LogP contribution < -0.4 is 5.73 Å². The number of hydrogen-bond acceptors (Lipinski definition) is 3. The van der Waals surface area contributed by atoms with Crippen LogP contribution in [0.1, 0.15) is 26.7 Å². The molecule has 15 heavy (non-hydrogen) atoms. The summed E-state index contributed by atoms with van der Waals surface area (Å²) >= 11 is 0. The van der Waals surface area contributed by atoms with Gasteiger partial charge in [-0.15, -0.1) is 0 Å². The Balaban J connectivity index is 3.94. The van der Waals surface area contributed by atoms with Gasteiger partial charge in [0.15, 0.2) is 0 Å². The predicted molar refractivity (Wildman–Crippen MR) is 57.3 cm³/mol.